The van der Waals surface area contributed by atoms with Crippen LogP contribution < -0.4 is 10.2 Å². The zero-order valence-corrected chi connectivity index (χ0v) is 18.8. The van der Waals surface area contributed by atoms with E-state index in [4.69, 9.17) is 4.98 Å². The molecule has 3 aromatic rings. The number of nitrogens with zero attached hydrogens (tertiary/aromatic N) is 4. The lowest BCUT2D eigenvalue weighted by Crippen LogP contribution is -2.54. The molecule has 4 rings (SSSR count). The SMILES string of the molecule is CCC(N1CCN(C)CC1)N(c1ccccc1)c1ncccc1NC(=O)c1ccccc1. The van der Waals surface area contributed by atoms with E-state index in [-0.39, 0.29) is 12.1 Å². The smallest absolute Gasteiger partial charge is 0.255 e. The lowest BCUT2D eigenvalue weighted by molar-refractivity contribution is 0.102. The van der Waals surface area contributed by atoms with E-state index in [0.29, 0.717) is 11.3 Å². The minimum absolute atomic E-state index is 0.133. The Balaban J connectivity index is 1.71. The van der Waals surface area contributed by atoms with Crippen molar-refractivity contribution in [2.45, 2.75) is 19.5 Å². The van der Waals surface area contributed by atoms with Crippen LogP contribution >= 0.6 is 0 Å². The number of carbonyl (C=O) groups excluding carboxylic acids is 1. The number of anilines is 3. The van der Waals surface area contributed by atoms with Crippen LogP contribution in [0.5, 0.6) is 0 Å². The summed E-state index contributed by atoms with van der Waals surface area (Å²) in [6.45, 7) is 6.29. The number of aromatic nitrogens is 1. The lowest BCUT2D eigenvalue weighted by atomic mass is 10.1. The van der Waals surface area contributed by atoms with Gasteiger partial charge in [0, 0.05) is 43.6 Å². The number of hydrogen-bond donors (Lipinski definition) is 1. The minimum atomic E-state index is -0.138. The van der Waals surface area contributed by atoms with Crippen LogP contribution in [0.1, 0.15) is 23.7 Å². The number of rotatable bonds is 7. The third-order valence-corrected chi connectivity index (χ3v) is 5.96. The topological polar surface area (TPSA) is 51.7 Å². The molecule has 0 aliphatic carbocycles. The van der Waals surface area contributed by atoms with Gasteiger partial charge in [0.05, 0.1) is 11.9 Å². The average molecular weight is 430 g/mol. The van der Waals surface area contributed by atoms with Crippen molar-refractivity contribution in [2.24, 2.45) is 0 Å². The number of piperazine rings is 1. The summed E-state index contributed by atoms with van der Waals surface area (Å²) in [7, 11) is 2.17. The Bertz CT molecular complexity index is 1000. The average Bonchev–Trinajstić information content (AvgIpc) is 2.85. The van der Waals surface area contributed by atoms with Crippen molar-refractivity contribution in [2.75, 3.05) is 43.4 Å². The summed E-state index contributed by atoms with van der Waals surface area (Å²) < 4.78 is 0. The molecule has 6 nitrogen and oxygen atoms in total. The second-order valence-corrected chi connectivity index (χ2v) is 8.13. The van der Waals surface area contributed by atoms with Crippen molar-refractivity contribution in [3.8, 4) is 0 Å². The normalized spacial score (nSPS) is 15.8. The van der Waals surface area contributed by atoms with E-state index in [2.05, 4.69) is 46.1 Å². The Hall–Kier alpha value is -3.22. The first-order chi connectivity index (χ1) is 15.7. The molecule has 0 spiro atoms. The molecule has 0 saturated carbocycles. The van der Waals surface area contributed by atoms with Crippen molar-refractivity contribution in [3.05, 3.63) is 84.6 Å². The highest BCUT2D eigenvalue weighted by atomic mass is 16.1. The highest BCUT2D eigenvalue weighted by Crippen LogP contribution is 2.34. The molecule has 1 aromatic heterocycles. The maximum atomic E-state index is 12.9. The molecular weight excluding hydrogens is 398 g/mol. The largest absolute Gasteiger partial charge is 0.319 e. The predicted octanol–water partition coefficient (Wildman–Crippen LogP) is 4.46. The molecule has 1 saturated heterocycles. The van der Waals surface area contributed by atoms with Crippen LogP contribution in [-0.4, -0.2) is 60.1 Å². The zero-order valence-electron chi connectivity index (χ0n) is 18.8. The van der Waals surface area contributed by atoms with E-state index < -0.39 is 0 Å². The molecular formula is C26H31N5O. The van der Waals surface area contributed by atoms with Gasteiger partial charge in [-0.2, -0.15) is 0 Å². The third kappa shape index (κ3) is 4.98. The highest BCUT2D eigenvalue weighted by Gasteiger charge is 2.30. The van der Waals surface area contributed by atoms with E-state index >= 15 is 0 Å². The summed E-state index contributed by atoms with van der Waals surface area (Å²) in [6, 6.07) is 23.4. The summed E-state index contributed by atoms with van der Waals surface area (Å²) in [4.78, 5) is 24.8. The number of para-hydroxylation sites is 1. The van der Waals surface area contributed by atoms with Crippen molar-refractivity contribution >= 4 is 23.1 Å². The highest BCUT2D eigenvalue weighted by molar-refractivity contribution is 6.05. The summed E-state index contributed by atoms with van der Waals surface area (Å²) >= 11 is 0. The van der Waals surface area contributed by atoms with Crippen LogP contribution in [0, 0.1) is 0 Å². The van der Waals surface area contributed by atoms with Gasteiger partial charge in [-0.25, -0.2) is 4.98 Å². The van der Waals surface area contributed by atoms with Crippen LogP contribution in [0.2, 0.25) is 0 Å². The summed E-state index contributed by atoms with van der Waals surface area (Å²) in [5.74, 6) is 0.620. The maximum Gasteiger partial charge on any atom is 0.255 e. The Morgan fingerprint density at radius 2 is 1.62 bits per heavy atom. The van der Waals surface area contributed by atoms with E-state index in [1.54, 1.807) is 6.20 Å². The number of benzene rings is 2. The molecule has 0 bridgehead atoms. The molecule has 1 amide bonds. The fourth-order valence-corrected chi connectivity index (χ4v) is 4.22. The van der Waals surface area contributed by atoms with Crippen LogP contribution in [0.25, 0.3) is 0 Å². The third-order valence-electron chi connectivity index (χ3n) is 5.96. The standard InChI is InChI=1S/C26H31N5O/c1-3-24(30-19-17-29(2)18-20-30)31(22-13-8-5-9-14-22)25-23(15-10-16-27-25)28-26(32)21-11-6-4-7-12-21/h4-16,24H,3,17-20H2,1-2H3,(H,28,32). The fraction of sp³-hybridized carbons (Fsp3) is 0.308. The minimum Gasteiger partial charge on any atom is -0.319 e. The number of nitrogens with one attached hydrogen (secondary N) is 1. The van der Waals surface area contributed by atoms with Gasteiger partial charge in [0.15, 0.2) is 5.82 Å². The van der Waals surface area contributed by atoms with Gasteiger partial charge in [-0.1, -0.05) is 43.3 Å². The zero-order chi connectivity index (χ0) is 22.3. The van der Waals surface area contributed by atoms with Gasteiger partial charge in [0.1, 0.15) is 0 Å². The Kier molecular flexibility index (Phi) is 7.14. The van der Waals surface area contributed by atoms with E-state index in [9.17, 15) is 4.79 Å². The molecule has 1 unspecified atom stereocenters. The molecule has 1 aliphatic heterocycles. The first-order valence-electron chi connectivity index (χ1n) is 11.3. The summed E-state index contributed by atoms with van der Waals surface area (Å²) in [6.07, 6.45) is 2.86. The number of pyridine rings is 1. The Morgan fingerprint density at radius 3 is 2.28 bits per heavy atom. The second kappa shape index (κ2) is 10.4. The van der Waals surface area contributed by atoms with Crippen molar-refractivity contribution in [3.63, 3.8) is 0 Å². The predicted molar refractivity (Wildman–Crippen MR) is 130 cm³/mol. The number of hydrogen-bond acceptors (Lipinski definition) is 5. The molecule has 1 fully saturated rings. The van der Waals surface area contributed by atoms with Gasteiger partial charge in [0.2, 0.25) is 0 Å². The molecule has 32 heavy (non-hydrogen) atoms. The number of amides is 1. The van der Waals surface area contributed by atoms with Crippen molar-refractivity contribution in [1.29, 1.82) is 0 Å². The fourth-order valence-electron chi connectivity index (χ4n) is 4.22. The molecule has 1 N–H and O–H groups in total. The molecule has 1 atom stereocenters. The monoisotopic (exact) mass is 429 g/mol. The van der Waals surface area contributed by atoms with Crippen molar-refractivity contribution in [1.82, 2.24) is 14.8 Å². The van der Waals surface area contributed by atoms with E-state index in [1.165, 1.54) is 0 Å². The summed E-state index contributed by atoms with van der Waals surface area (Å²) in [5.41, 5.74) is 2.39. The first kappa shape index (κ1) is 22.0. The van der Waals surface area contributed by atoms with Crippen LogP contribution in [0.4, 0.5) is 17.2 Å². The summed E-state index contributed by atoms with van der Waals surface area (Å²) in [5, 5.41) is 3.10. The van der Waals surface area contributed by atoms with Crippen LogP contribution in [-0.2, 0) is 0 Å². The van der Waals surface area contributed by atoms with Crippen LogP contribution in [0.15, 0.2) is 79.0 Å². The van der Waals surface area contributed by atoms with Crippen molar-refractivity contribution < 1.29 is 4.79 Å². The molecule has 1 aliphatic rings. The second-order valence-electron chi connectivity index (χ2n) is 8.13. The molecule has 2 heterocycles. The van der Waals surface area contributed by atoms with E-state index in [1.807, 2.05) is 60.7 Å². The number of carbonyl (C=O) groups is 1. The van der Waals surface area contributed by atoms with Crippen LogP contribution in [0.3, 0.4) is 0 Å². The van der Waals surface area contributed by atoms with Gasteiger partial charge < -0.3 is 15.1 Å². The molecule has 2 aromatic carbocycles. The van der Waals surface area contributed by atoms with Gasteiger partial charge in [0.25, 0.3) is 5.91 Å². The molecule has 6 heteroatoms. The van der Waals surface area contributed by atoms with Gasteiger partial charge in [-0.15, -0.1) is 0 Å². The quantitative estimate of drug-likeness (QED) is 0.601. The van der Waals surface area contributed by atoms with Gasteiger partial charge in [-0.05, 0) is 49.9 Å². The Morgan fingerprint density at radius 1 is 0.969 bits per heavy atom. The van der Waals surface area contributed by atoms with E-state index in [0.717, 1.165) is 44.1 Å². The maximum absolute atomic E-state index is 12.9. The first-order valence-corrected chi connectivity index (χ1v) is 11.3. The number of likely N-dealkylation sites (N-methyl/N-ethyl adjacent to an activating group) is 1. The molecule has 0 radical (unpaired) electrons. The van der Waals surface area contributed by atoms with Gasteiger partial charge >= 0.3 is 0 Å². The van der Waals surface area contributed by atoms with Gasteiger partial charge in [-0.3, -0.25) is 9.69 Å². The Labute approximate surface area is 190 Å². The lowest BCUT2D eigenvalue weighted by Gasteiger charge is -2.43. The molecule has 166 valence electrons.